The number of hydrogen-bond donors (Lipinski definition) is 1. The zero-order chi connectivity index (χ0) is 25.7. The molecule has 0 spiro atoms. The number of piperazine rings is 1. The number of rotatable bonds is 6. The van der Waals surface area contributed by atoms with Crippen LogP contribution in [-0.4, -0.2) is 72.8 Å². The molecule has 6 rings (SSSR count). The fourth-order valence-corrected chi connectivity index (χ4v) is 6.32. The third kappa shape index (κ3) is 4.71. The Kier molecular flexibility index (Phi) is 6.60. The number of aromatic nitrogens is 2. The van der Waals surface area contributed by atoms with Crippen LogP contribution in [0.2, 0.25) is 0 Å². The molecule has 1 N–H and O–H groups in total. The Hall–Kier alpha value is -2.66. The topological polar surface area (TPSA) is 56.8 Å². The number of hydrogen-bond acceptors (Lipinski definition) is 7. The fraction of sp³-hybridized carbons (Fsp3) is 0.615. The van der Waals surface area contributed by atoms with Crippen LogP contribution >= 0.6 is 0 Å². The second kappa shape index (κ2) is 9.90. The largest absolute Gasteiger partial charge is 0.462 e. The van der Waals surface area contributed by atoms with Crippen LogP contribution < -0.4 is 19.9 Å². The number of anilines is 2. The first kappa shape index (κ1) is 24.7. The van der Waals surface area contributed by atoms with Crippen LogP contribution in [0.3, 0.4) is 0 Å². The number of ether oxygens (including phenoxy) is 1. The van der Waals surface area contributed by atoms with Gasteiger partial charge in [-0.2, -0.15) is 9.97 Å². The highest BCUT2D eigenvalue weighted by Gasteiger charge is 2.36. The molecule has 1 aromatic carbocycles. The average Bonchev–Trinajstić information content (AvgIpc) is 3.45. The second-order valence-electron chi connectivity index (χ2n) is 10.6. The van der Waals surface area contributed by atoms with Crippen LogP contribution in [0.1, 0.15) is 48.9 Å². The van der Waals surface area contributed by atoms with E-state index in [9.17, 15) is 17.6 Å². The van der Waals surface area contributed by atoms with Crippen LogP contribution in [0, 0.1) is 11.6 Å². The van der Waals surface area contributed by atoms with Gasteiger partial charge in [0.05, 0.1) is 23.5 Å². The Labute approximate surface area is 213 Å². The van der Waals surface area contributed by atoms with E-state index in [4.69, 9.17) is 9.72 Å². The van der Waals surface area contributed by atoms with Gasteiger partial charge in [0.1, 0.15) is 24.1 Å². The lowest BCUT2D eigenvalue weighted by atomic mass is 10.0. The van der Waals surface area contributed by atoms with Crippen molar-refractivity contribution < 1.29 is 22.3 Å². The van der Waals surface area contributed by atoms with E-state index in [0.717, 1.165) is 68.8 Å². The van der Waals surface area contributed by atoms with E-state index in [2.05, 4.69) is 27.1 Å². The normalized spacial score (nSPS) is 25.7. The minimum atomic E-state index is -3.13. The van der Waals surface area contributed by atoms with E-state index in [1.54, 1.807) is 0 Å². The number of nitrogens with one attached hydrogen (secondary N) is 1. The molecule has 3 atom stereocenters. The highest BCUT2D eigenvalue weighted by Crippen LogP contribution is 2.39. The molecule has 4 aliphatic rings. The molecule has 1 aromatic heterocycles. The van der Waals surface area contributed by atoms with E-state index in [-0.39, 0.29) is 25.1 Å². The fourth-order valence-electron chi connectivity index (χ4n) is 6.32. The van der Waals surface area contributed by atoms with Crippen LogP contribution in [-0.2, 0) is 13.0 Å². The van der Waals surface area contributed by atoms with Gasteiger partial charge in [-0.05, 0) is 57.8 Å². The average molecular weight is 521 g/mol. The zero-order valence-electron chi connectivity index (χ0n) is 20.9. The van der Waals surface area contributed by atoms with E-state index in [0.29, 0.717) is 30.8 Å². The van der Waals surface area contributed by atoms with Gasteiger partial charge in [0.25, 0.3) is 6.43 Å². The summed E-state index contributed by atoms with van der Waals surface area (Å²) in [5.74, 6) is -1.16. The molecule has 3 fully saturated rings. The lowest BCUT2D eigenvalue weighted by molar-refractivity contribution is 0.146. The first-order valence-electron chi connectivity index (χ1n) is 13.1. The molecule has 5 heterocycles. The number of fused-ring (bicyclic) bond motifs is 3. The third-order valence-corrected chi connectivity index (χ3v) is 8.26. The molecular weight excluding hydrogens is 488 g/mol. The van der Waals surface area contributed by atoms with Crippen LogP contribution in [0.25, 0.3) is 0 Å². The maximum atomic E-state index is 14.8. The molecule has 11 heteroatoms. The third-order valence-electron chi connectivity index (χ3n) is 8.26. The van der Waals surface area contributed by atoms with E-state index in [1.165, 1.54) is 4.90 Å². The summed E-state index contributed by atoms with van der Waals surface area (Å²) in [6, 6.07) is 2.98. The maximum Gasteiger partial charge on any atom is 0.318 e. The van der Waals surface area contributed by atoms with Gasteiger partial charge in [-0.25, -0.2) is 17.6 Å². The summed E-state index contributed by atoms with van der Waals surface area (Å²) in [6.45, 7) is 3.46. The Morgan fingerprint density at radius 3 is 2.49 bits per heavy atom. The Bertz CT molecular complexity index is 1150. The Balaban J connectivity index is 1.34. The number of likely N-dealkylation sites (N-methyl/N-ethyl adjacent to an activating group) is 1. The summed E-state index contributed by atoms with van der Waals surface area (Å²) in [5, 5.41) is 3.63. The summed E-state index contributed by atoms with van der Waals surface area (Å²) < 4.78 is 62.7. The summed E-state index contributed by atoms with van der Waals surface area (Å²) >= 11 is 0. The first-order chi connectivity index (χ1) is 17.9. The predicted molar refractivity (Wildman–Crippen MR) is 131 cm³/mol. The van der Waals surface area contributed by atoms with Gasteiger partial charge in [0.15, 0.2) is 0 Å². The second-order valence-corrected chi connectivity index (χ2v) is 10.6. The van der Waals surface area contributed by atoms with Crippen molar-refractivity contribution in [1.82, 2.24) is 20.2 Å². The van der Waals surface area contributed by atoms with Crippen molar-refractivity contribution >= 4 is 11.5 Å². The molecule has 2 bridgehead atoms. The van der Waals surface area contributed by atoms with Crippen molar-refractivity contribution in [3.8, 4) is 6.01 Å². The van der Waals surface area contributed by atoms with Crippen molar-refractivity contribution in [2.75, 3.05) is 49.6 Å². The van der Waals surface area contributed by atoms with E-state index >= 15 is 0 Å². The number of benzene rings is 1. The lowest BCUT2D eigenvalue weighted by Gasteiger charge is -2.37. The Morgan fingerprint density at radius 2 is 1.78 bits per heavy atom. The van der Waals surface area contributed by atoms with Crippen molar-refractivity contribution in [3.63, 3.8) is 0 Å². The quantitative estimate of drug-likeness (QED) is 0.584. The van der Waals surface area contributed by atoms with Gasteiger partial charge < -0.3 is 24.8 Å². The molecule has 4 aliphatic heterocycles. The number of alkyl halides is 2. The van der Waals surface area contributed by atoms with Crippen molar-refractivity contribution in [1.29, 1.82) is 0 Å². The summed E-state index contributed by atoms with van der Waals surface area (Å²) in [5.41, 5.74) is 0.243. The molecule has 37 heavy (non-hydrogen) atoms. The molecule has 7 nitrogen and oxygen atoms in total. The molecule has 1 unspecified atom stereocenters. The van der Waals surface area contributed by atoms with Gasteiger partial charge in [-0.1, -0.05) is 0 Å². The SMILES string of the molecule is CN1CCCC1COc1nc2c(c(N3C[C@H]4CC[C@@H](C3)N4)n1)CCN(c1c(F)ccc(F)c1C(F)F)C2. The van der Waals surface area contributed by atoms with E-state index in [1.807, 2.05) is 0 Å². The summed E-state index contributed by atoms with van der Waals surface area (Å²) in [4.78, 5) is 15.5. The maximum absolute atomic E-state index is 14.8. The molecule has 0 saturated carbocycles. The highest BCUT2D eigenvalue weighted by molar-refractivity contribution is 5.60. The van der Waals surface area contributed by atoms with Crippen molar-refractivity contribution in [3.05, 3.63) is 40.6 Å². The molecule has 0 amide bonds. The number of likely N-dealkylation sites (tertiary alicyclic amines) is 1. The molecule has 2 aromatic rings. The number of nitrogens with zero attached hydrogens (tertiary/aromatic N) is 5. The lowest BCUT2D eigenvalue weighted by Crippen LogP contribution is -2.52. The van der Waals surface area contributed by atoms with Crippen LogP contribution in [0.15, 0.2) is 12.1 Å². The van der Waals surface area contributed by atoms with E-state index < -0.39 is 29.3 Å². The standard InChI is InChI=1S/C26H32F4N6O/c1-34-9-2-3-17(34)14-37-26-32-21-13-35(23-20(28)7-6-19(27)22(23)24(29)30)10-8-18(21)25(33-26)36-11-15-4-5-16(12-36)31-15/h6-7,15-17,24,31H,2-5,8-14H2,1H3/t15-,16+,17?. The van der Waals surface area contributed by atoms with Crippen molar-refractivity contribution in [2.24, 2.45) is 0 Å². The van der Waals surface area contributed by atoms with Crippen molar-refractivity contribution in [2.45, 2.75) is 63.2 Å². The molecular formula is C26H32F4N6O. The Morgan fingerprint density at radius 1 is 1.03 bits per heavy atom. The molecule has 0 aliphatic carbocycles. The predicted octanol–water partition coefficient (Wildman–Crippen LogP) is 3.67. The minimum absolute atomic E-state index is 0.0730. The van der Waals surface area contributed by atoms with Gasteiger partial charge in [-0.3, -0.25) is 0 Å². The first-order valence-corrected chi connectivity index (χ1v) is 13.1. The van der Waals surface area contributed by atoms with Gasteiger partial charge >= 0.3 is 6.01 Å². The smallest absolute Gasteiger partial charge is 0.318 e. The zero-order valence-corrected chi connectivity index (χ0v) is 20.9. The van der Waals surface area contributed by atoms with Gasteiger partial charge in [0.2, 0.25) is 0 Å². The monoisotopic (exact) mass is 520 g/mol. The molecule has 3 saturated heterocycles. The van der Waals surface area contributed by atoms with Gasteiger partial charge in [0, 0.05) is 43.3 Å². The summed E-state index contributed by atoms with van der Waals surface area (Å²) in [6.07, 6.45) is 1.70. The molecule has 200 valence electrons. The minimum Gasteiger partial charge on any atom is -0.462 e. The highest BCUT2D eigenvalue weighted by atomic mass is 19.3. The molecule has 0 radical (unpaired) electrons. The number of halogens is 4. The van der Waals surface area contributed by atoms with Gasteiger partial charge in [-0.15, -0.1) is 0 Å². The van der Waals surface area contributed by atoms with Crippen LogP contribution in [0.4, 0.5) is 29.1 Å². The van der Waals surface area contributed by atoms with Crippen LogP contribution in [0.5, 0.6) is 6.01 Å². The summed E-state index contributed by atoms with van der Waals surface area (Å²) in [7, 11) is 2.07.